The van der Waals surface area contributed by atoms with Gasteiger partial charge in [-0.1, -0.05) is 12.1 Å². The summed E-state index contributed by atoms with van der Waals surface area (Å²) in [5, 5.41) is 0. The molecule has 130 valence electrons. The number of rotatable bonds is 2. The van der Waals surface area contributed by atoms with Crippen LogP contribution in [0.15, 0.2) is 29.1 Å². The van der Waals surface area contributed by atoms with Crippen LogP contribution in [0.2, 0.25) is 0 Å². The molecule has 1 aliphatic heterocycles. The van der Waals surface area contributed by atoms with Gasteiger partial charge in [0, 0.05) is 19.6 Å². The molecule has 3 rings (SSSR count). The molecule has 0 bridgehead atoms. The Balaban J connectivity index is 1.62. The minimum atomic E-state index is -0.467. The number of nitrogens with one attached hydrogen (secondary N) is 1. The first-order valence-corrected chi connectivity index (χ1v) is 8.49. The van der Waals surface area contributed by atoms with Crippen molar-refractivity contribution >= 4 is 17.1 Å². The summed E-state index contributed by atoms with van der Waals surface area (Å²) in [6.07, 6.45) is 1.52. The van der Waals surface area contributed by atoms with E-state index >= 15 is 0 Å². The van der Waals surface area contributed by atoms with Crippen molar-refractivity contribution in [2.75, 3.05) is 13.1 Å². The Labute approximate surface area is 141 Å². The molecule has 1 aromatic carbocycles. The molecule has 0 unspecified atom stereocenters. The van der Waals surface area contributed by atoms with E-state index in [0.717, 1.165) is 23.9 Å². The van der Waals surface area contributed by atoms with E-state index < -0.39 is 5.60 Å². The Hall–Kier alpha value is -2.24. The predicted octanol–water partition coefficient (Wildman–Crippen LogP) is 2.98. The molecule has 2 aromatic rings. The lowest BCUT2D eigenvalue weighted by Gasteiger charge is -2.33. The van der Waals surface area contributed by atoms with Crippen LogP contribution in [-0.4, -0.2) is 39.2 Å². The van der Waals surface area contributed by atoms with Gasteiger partial charge in [-0.3, -0.25) is 4.57 Å². The number of imidazole rings is 1. The summed E-state index contributed by atoms with van der Waals surface area (Å²) in [5.74, 6) is 0.389. The number of fused-ring (bicyclic) bond motifs is 1. The molecular weight excluding hydrogens is 306 g/mol. The molecule has 0 spiro atoms. The smallest absolute Gasteiger partial charge is 0.410 e. The van der Waals surface area contributed by atoms with Gasteiger partial charge in [0.2, 0.25) is 0 Å². The maximum absolute atomic E-state index is 12.2. The summed E-state index contributed by atoms with van der Waals surface area (Å²) in [5.41, 5.74) is 1.28. The molecule has 0 atom stereocenters. The van der Waals surface area contributed by atoms with E-state index in [0.29, 0.717) is 25.6 Å². The molecule has 1 amide bonds. The molecule has 1 aliphatic rings. The third-order valence-corrected chi connectivity index (χ3v) is 4.39. The van der Waals surface area contributed by atoms with Crippen LogP contribution in [0.1, 0.15) is 33.6 Å². The predicted molar refractivity (Wildman–Crippen MR) is 93.1 cm³/mol. The van der Waals surface area contributed by atoms with Crippen LogP contribution in [0.25, 0.3) is 11.0 Å². The Morgan fingerprint density at radius 2 is 1.92 bits per heavy atom. The van der Waals surface area contributed by atoms with Crippen molar-refractivity contribution in [1.82, 2.24) is 14.5 Å². The van der Waals surface area contributed by atoms with E-state index in [1.807, 2.05) is 49.6 Å². The first kappa shape index (κ1) is 16.6. The van der Waals surface area contributed by atoms with Crippen LogP contribution in [0.3, 0.4) is 0 Å². The van der Waals surface area contributed by atoms with E-state index in [2.05, 4.69) is 4.98 Å². The number of nitrogens with zero attached hydrogens (tertiary/aromatic N) is 2. The number of carbonyl (C=O) groups is 1. The molecule has 1 aromatic heterocycles. The van der Waals surface area contributed by atoms with Crippen molar-refractivity contribution in [2.24, 2.45) is 5.92 Å². The highest BCUT2D eigenvalue weighted by Gasteiger charge is 2.27. The number of piperidine rings is 1. The molecule has 6 heteroatoms. The molecule has 2 heterocycles. The van der Waals surface area contributed by atoms with Gasteiger partial charge in [0.15, 0.2) is 0 Å². The van der Waals surface area contributed by atoms with E-state index in [9.17, 15) is 9.59 Å². The zero-order valence-electron chi connectivity index (χ0n) is 14.5. The number of para-hydroxylation sites is 2. The highest BCUT2D eigenvalue weighted by atomic mass is 16.6. The van der Waals surface area contributed by atoms with Gasteiger partial charge in [-0.25, -0.2) is 9.59 Å². The van der Waals surface area contributed by atoms with Gasteiger partial charge in [-0.2, -0.15) is 0 Å². The second kappa shape index (κ2) is 6.34. The third-order valence-electron chi connectivity index (χ3n) is 4.39. The Morgan fingerprint density at radius 1 is 1.25 bits per heavy atom. The Kier molecular flexibility index (Phi) is 4.39. The zero-order valence-corrected chi connectivity index (χ0v) is 14.5. The maximum atomic E-state index is 12.2. The summed E-state index contributed by atoms with van der Waals surface area (Å²) in [4.78, 5) is 28.9. The summed E-state index contributed by atoms with van der Waals surface area (Å²) < 4.78 is 7.23. The number of carbonyl (C=O) groups excluding carboxylic acids is 1. The fourth-order valence-corrected chi connectivity index (χ4v) is 3.17. The molecule has 24 heavy (non-hydrogen) atoms. The third kappa shape index (κ3) is 3.63. The number of likely N-dealkylation sites (tertiary alicyclic amines) is 1. The molecule has 1 N–H and O–H groups in total. The van der Waals surface area contributed by atoms with Crippen molar-refractivity contribution in [3.05, 3.63) is 34.7 Å². The van der Waals surface area contributed by atoms with Crippen LogP contribution >= 0.6 is 0 Å². The average Bonchev–Trinajstić information content (AvgIpc) is 2.82. The second-order valence-corrected chi connectivity index (χ2v) is 7.47. The lowest BCUT2D eigenvalue weighted by Crippen LogP contribution is -2.42. The number of benzene rings is 1. The quantitative estimate of drug-likeness (QED) is 0.920. The van der Waals surface area contributed by atoms with Crippen LogP contribution in [0, 0.1) is 5.92 Å². The highest BCUT2D eigenvalue weighted by Crippen LogP contribution is 2.22. The van der Waals surface area contributed by atoms with Crippen molar-refractivity contribution < 1.29 is 9.53 Å². The monoisotopic (exact) mass is 331 g/mol. The van der Waals surface area contributed by atoms with Gasteiger partial charge >= 0.3 is 11.8 Å². The first-order valence-electron chi connectivity index (χ1n) is 8.49. The normalized spacial score (nSPS) is 16.5. The van der Waals surface area contributed by atoms with Gasteiger partial charge < -0.3 is 14.6 Å². The van der Waals surface area contributed by atoms with Gasteiger partial charge in [0.25, 0.3) is 0 Å². The highest BCUT2D eigenvalue weighted by molar-refractivity contribution is 5.74. The summed E-state index contributed by atoms with van der Waals surface area (Å²) in [6.45, 7) is 7.67. The van der Waals surface area contributed by atoms with Crippen molar-refractivity contribution in [1.29, 1.82) is 0 Å². The number of aromatic nitrogens is 2. The van der Waals surface area contributed by atoms with Crippen LogP contribution in [0.4, 0.5) is 4.79 Å². The topological polar surface area (TPSA) is 67.3 Å². The molecule has 1 fully saturated rings. The van der Waals surface area contributed by atoms with Gasteiger partial charge in [0.1, 0.15) is 5.60 Å². The molecule has 0 saturated carbocycles. The van der Waals surface area contributed by atoms with Crippen molar-refractivity contribution in [3.63, 3.8) is 0 Å². The Bertz CT molecular complexity index is 777. The largest absolute Gasteiger partial charge is 0.444 e. The lowest BCUT2D eigenvalue weighted by molar-refractivity contribution is 0.0178. The van der Waals surface area contributed by atoms with E-state index in [1.54, 1.807) is 4.90 Å². The fraction of sp³-hybridized carbons (Fsp3) is 0.556. The number of hydrogen-bond acceptors (Lipinski definition) is 3. The van der Waals surface area contributed by atoms with Gasteiger partial charge in [0.05, 0.1) is 11.0 Å². The van der Waals surface area contributed by atoms with E-state index in [1.165, 1.54) is 0 Å². The molecule has 1 saturated heterocycles. The molecular formula is C18H25N3O3. The summed E-state index contributed by atoms with van der Waals surface area (Å²) in [6, 6.07) is 7.74. The van der Waals surface area contributed by atoms with Crippen LogP contribution in [-0.2, 0) is 11.3 Å². The van der Waals surface area contributed by atoms with Gasteiger partial charge in [-0.05, 0) is 51.7 Å². The summed E-state index contributed by atoms with van der Waals surface area (Å²) >= 11 is 0. The SMILES string of the molecule is CC(C)(C)OC(=O)N1CCC(Cn2c(=O)[nH]c3ccccc32)CC1. The van der Waals surface area contributed by atoms with E-state index in [4.69, 9.17) is 4.74 Å². The minimum absolute atomic E-state index is 0.0641. The van der Waals surface area contributed by atoms with Crippen molar-refractivity contribution in [3.8, 4) is 0 Å². The maximum Gasteiger partial charge on any atom is 0.410 e. The average molecular weight is 331 g/mol. The standard InChI is InChI=1S/C18H25N3O3/c1-18(2,3)24-17(23)20-10-8-13(9-11-20)12-21-15-7-5-4-6-14(15)19-16(21)22/h4-7,13H,8-12H2,1-3H3,(H,19,22). The second-order valence-electron chi connectivity index (χ2n) is 7.47. The fourth-order valence-electron chi connectivity index (χ4n) is 3.17. The number of ether oxygens (including phenoxy) is 1. The number of amides is 1. The Morgan fingerprint density at radius 3 is 2.58 bits per heavy atom. The first-order chi connectivity index (χ1) is 11.3. The summed E-state index contributed by atoms with van der Waals surface area (Å²) in [7, 11) is 0. The van der Waals surface area contributed by atoms with Gasteiger partial charge in [-0.15, -0.1) is 0 Å². The lowest BCUT2D eigenvalue weighted by atomic mass is 9.97. The van der Waals surface area contributed by atoms with E-state index in [-0.39, 0.29) is 11.8 Å². The zero-order chi connectivity index (χ0) is 17.3. The minimum Gasteiger partial charge on any atom is -0.444 e. The number of hydrogen-bond donors (Lipinski definition) is 1. The van der Waals surface area contributed by atoms with Crippen LogP contribution < -0.4 is 5.69 Å². The number of H-pyrrole nitrogens is 1. The van der Waals surface area contributed by atoms with Crippen molar-refractivity contribution in [2.45, 2.75) is 45.8 Å². The molecule has 0 radical (unpaired) electrons. The number of aromatic amines is 1. The van der Waals surface area contributed by atoms with Crippen LogP contribution in [0.5, 0.6) is 0 Å². The molecule has 6 nitrogen and oxygen atoms in total. The molecule has 0 aliphatic carbocycles.